The molecule has 124 valence electrons. The first-order chi connectivity index (χ1) is 11.7. The van der Waals surface area contributed by atoms with Gasteiger partial charge in [-0.1, -0.05) is 25.8 Å². The van der Waals surface area contributed by atoms with Crippen molar-refractivity contribution in [2.75, 3.05) is 6.54 Å². The van der Waals surface area contributed by atoms with Gasteiger partial charge in [0.2, 0.25) is 0 Å². The van der Waals surface area contributed by atoms with Crippen molar-refractivity contribution in [1.29, 1.82) is 0 Å². The van der Waals surface area contributed by atoms with Crippen LogP contribution in [0.3, 0.4) is 0 Å². The summed E-state index contributed by atoms with van der Waals surface area (Å²) in [6.07, 6.45) is 4.86. The Morgan fingerprint density at radius 1 is 1.21 bits per heavy atom. The first-order valence-electron chi connectivity index (χ1n) is 8.20. The summed E-state index contributed by atoms with van der Waals surface area (Å²) in [5.41, 5.74) is 2.83. The zero-order valence-electron chi connectivity index (χ0n) is 13.6. The van der Waals surface area contributed by atoms with Gasteiger partial charge in [0.05, 0.1) is 16.7 Å². The van der Waals surface area contributed by atoms with Crippen molar-refractivity contribution in [3.8, 4) is 5.69 Å². The molecule has 0 saturated heterocycles. The average Bonchev–Trinajstić information content (AvgIpc) is 3.01. The Kier molecular flexibility index (Phi) is 4.89. The number of carbonyl (C=O) groups excluding carboxylic acids is 1. The quantitative estimate of drug-likeness (QED) is 0.694. The average molecular weight is 325 g/mol. The maximum atomic E-state index is 13.4. The minimum absolute atomic E-state index is 0.0895. The highest BCUT2D eigenvalue weighted by atomic mass is 19.1. The van der Waals surface area contributed by atoms with Gasteiger partial charge in [0.25, 0.3) is 5.91 Å². The summed E-state index contributed by atoms with van der Waals surface area (Å²) in [6, 6.07) is 11.7. The summed E-state index contributed by atoms with van der Waals surface area (Å²) in [5.74, 6) is -0.384. The molecule has 0 fully saturated rings. The van der Waals surface area contributed by atoms with Crippen molar-refractivity contribution in [3.05, 3.63) is 60.2 Å². The Hall–Kier alpha value is -2.69. The lowest BCUT2D eigenvalue weighted by molar-refractivity contribution is 0.0953. The monoisotopic (exact) mass is 325 g/mol. The summed E-state index contributed by atoms with van der Waals surface area (Å²) in [6.45, 7) is 2.81. The van der Waals surface area contributed by atoms with Crippen LogP contribution in [-0.2, 0) is 0 Å². The van der Waals surface area contributed by atoms with Crippen molar-refractivity contribution in [2.24, 2.45) is 0 Å². The smallest absolute Gasteiger partial charge is 0.251 e. The molecule has 0 spiro atoms. The number of amides is 1. The fraction of sp³-hybridized carbons (Fsp3) is 0.263. The molecule has 3 rings (SSSR count). The SMILES string of the molecule is CCCCCNC(=O)c1ccc2c(c1)ncn2-c1cccc(F)c1. The zero-order valence-corrected chi connectivity index (χ0v) is 13.6. The zero-order chi connectivity index (χ0) is 16.9. The summed E-state index contributed by atoms with van der Waals surface area (Å²) in [4.78, 5) is 16.5. The number of hydrogen-bond acceptors (Lipinski definition) is 2. The minimum atomic E-state index is -0.294. The standard InChI is InChI=1S/C19H20FN3O/c1-2-3-4-10-21-19(24)14-8-9-18-17(11-14)22-13-23(18)16-7-5-6-15(20)12-16/h5-9,11-13H,2-4,10H2,1H3,(H,21,24). The first kappa shape index (κ1) is 16.2. The van der Waals surface area contributed by atoms with E-state index in [-0.39, 0.29) is 11.7 Å². The third-order valence-electron chi connectivity index (χ3n) is 3.96. The van der Waals surface area contributed by atoms with Crippen LogP contribution in [-0.4, -0.2) is 22.0 Å². The fourth-order valence-corrected chi connectivity index (χ4v) is 2.66. The van der Waals surface area contributed by atoms with Gasteiger partial charge in [0.15, 0.2) is 0 Å². The Morgan fingerprint density at radius 2 is 2.08 bits per heavy atom. The van der Waals surface area contributed by atoms with Crippen LogP contribution in [0.2, 0.25) is 0 Å². The van der Waals surface area contributed by atoms with E-state index in [1.165, 1.54) is 12.1 Å². The number of unbranched alkanes of at least 4 members (excludes halogenated alkanes) is 2. The molecule has 2 aromatic carbocycles. The molecule has 24 heavy (non-hydrogen) atoms. The number of nitrogens with one attached hydrogen (secondary N) is 1. The van der Waals surface area contributed by atoms with Crippen LogP contribution in [0, 0.1) is 5.82 Å². The largest absolute Gasteiger partial charge is 0.352 e. The highest BCUT2D eigenvalue weighted by Crippen LogP contribution is 2.20. The fourth-order valence-electron chi connectivity index (χ4n) is 2.66. The van der Waals surface area contributed by atoms with Crippen molar-refractivity contribution < 1.29 is 9.18 Å². The van der Waals surface area contributed by atoms with E-state index >= 15 is 0 Å². The van der Waals surface area contributed by atoms with Crippen LogP contribution in [0.25, 0.3) is 16.7 Å². The van der Waals surface area contributed by atoms with E-state index in [9.17, 15) is 9.18 Å². The number of rotatable bonds is 6. The molecule has 0 aliphatic rings. The van der Waals surface area contributed by atoms with E-state index in [0.29, 0.717) is 23.3 Å². The molecule has 0 unspecified atom stereocenters. The maximum absolute atomic E-state index is 13.4. The number of fused-ring (bicyclic) bond motifs is 1. The van der Waals surface area contributed by atoms with Gasteiger partial charge in [-0.25, -0.2) is 9.37 Å². The molecule has 0 aliphatic heterocycles. The summed E-state index contributed by atoms with van der Waals surface area (Å²) < 4.78 is 15.2. The van der Waals surface area contributed by atoms with Crippen LogP contribution in [0.1, 0.15) is 36.5 Å². The molecular weight excluding hydrogens is 305 g/mol. The van der Waals surface area contributed by atoms with E-state index < -0.39 is 0 Å². The van der Waals surface area contributed by atoms with Crippen LogP contribution < -0.4 is 5.32 Å². The second-order valence-electron chi connectivity index (χ2n) is 5.76. The molecule has 0 aliphatic carbocycles. The van der Waals surface area contributed by atoms with Crippen molar-refractivity contribution in [3.63, 3.8) is 0 Å². The lowest BCUT2D eigenvalue weighted by Gasteiger charge is -2.06. The summed E-state index contributed by atoms with van der Waals surface area (Å²) in [7, 11) is 0. The maximum Gasteiger partial charge on any atom is 0.251 e. The van der Waals surface area contributed by atoms with Gasteiger partial charge in [-0.15, -0.1) is 0 Å². The molecule has 1 N–H and O–H groups in total. The summed E-state index contributed by atoms with van der Waals surface area (Å²) >= 11 is 0. The Morgan fingerprint density at radius 3 is 2.88 bits per heavy atom. The van der Waals surface area contributed by atoms with Gasteiger partial charge in [0, 0.05) is 12.1 Å². The molecule has 0 bridgehead atoms. The van der Waals surface area contributed by atoms with Crippen molar-refractivity contribution in [1.82, 2.24) is 14.9 Å². The molecule has 5 heteroatoms. The Balaban J connectivity index is 1.82. The third-order valence-corrected chi connectivity index (χ3v) is 3.96. The van der Waals surface area contributed by atoms with Crippen molar-refractivity contribution >= 4 is 16.9 Å². The topological polar surface area (TPSA) is 46.9 Å². The van der Waals surface area contributed by atoms with E-state index in [1.807, 2.05) is 12.1 Å². The Labute approximate surface area is 140 Å². The van der Waals surface area contributed by atoms with Crippen LogP contribution in [0.4, 0.5) is 4.39 Å². The molecule has 4 nitrogen and oxygen atoms in total. The lowest BCUT2D eigenvalue weighted by atomic mass is 10.1. The van der Waals surface area contributed by atoms with Gasteiger partial charge in [0.1, 0.15) is 12.1 Å². The first-order valence-corrected chi connectivity index (χ1v) is 8.20. The number of nitrogens with zero attached hydrogens (tertiary/aromatic N) is 2. The van der Waals surface area contributed by atoms with Gasteiger partial charge in [-0.2, -0.15) is 0 Å². The van der Waals surface area contributed by atoms with Gasteiger partial charge < -0.3 is 5.32 Å². The van der Waals surface area contributed by atoms with Crippen LogP contribution >= 0.6 is 0 Å². The second-order valence-corrected chi connectivity index (χ2v) is 5.76. The number of hydrogen-bond donors (Lipinski definition) is 1. The normalized spacial score (nSPS) is 10.9. The molecule has 1 aromatic heterocycles. The van der Waals surface area contributed by atoms with E-state index in [1.54, 1.807) is 29.1 Å². The predicted octanol–water partition coefficient (Wildman–Crippen LogP) is 4.08. The lowest BCUT2D eigenvalue weighted by Crippen LogP contribution is -2.24. The molecule has 0 radical (unpaired) electrons. The Bertz CT molecular complexity index is 857. The molecule has 0 saturated carbocycles. The summed E-state index contributed by atoms with van der Waals surface area (Å²) in [5, 5.41) is 2.92. The third kappa shape index (κ3) is 3.45. The van der Waals surface area contributed by atoms with Gasteiger partial charge in [-0.05, 0) is 42.8 Å². The second kappa shape index (κ2) is 7.25. The molecule has 1 heterocycles. The minimum Gasteiger partial charge on any atom is -0.352 e. The van der Waals surface area contributed by atoms with Crippen LogP contribution in [0.15, 0.2) is 48.8 Å². The highest BCUT2D eigenvalue weighted by molar-refractivity contribution is 5.97. The van der Waals surface area contributed by atoms with Crippen LogP contribution in [0.5, 0.6) is 0 Å². The van der Waals surface area contributed by atoms with Crippen molar-refractivity contribution in [2.45, 2.75) is 26.2 Å². The molecular formula is C19H20FN3O. The van der Waals surface area contributed by atoms with E-state index in [0.717, 1.165) is 24.8 Å². The number of halogens is 1. The molecule has 0 atom stereocenters. The highest BCUT2D eigenvalue weighted by Gasteiger charge is 2.10. The number of imidazole rings is 1. The molecule has 1 amide bonds. The van der Waals surface area contributed by atoms with E-state index in [2.05, 4.69) is 17.2 Å². The predicted molar refractivity (Wildman–Crippen MR) is 92.9 cm³/mol. The van der Waals surface area contributed by atoms with Gasteiger partial charge in [-0.3, -0.25) is 9.36 Å². The van der Waals surface area contributed by atoms with E-state index in [4.69, 9.17) is 0 Å². The number of benzene rings is 2. The number of carbonyl (C=O) groups is 1. The number of aromatic nitrogens is 2. The van der Waals surface area contributed by atoms with Gasteiger partial charge >= 0.3 is 0 Å². The molecule has 3 aromatic rings.